The lowest BCUT2D eigenvalue weighted by Gasteiger charge is -2.24. The lowest BCUT2D eigenvalue weighted by Crippen LogP contribution is -2.22. The van der Waals surface area contributed by atoms with E-state index in [1.54, 1.807) is 12.1 Å². The van der Waals surface area contributed by atoms with E-state index in [0.29, 0.717) is 11.1 Å². The molecule has 0 unspecified atom stereocenters. The van der Waals surface area contributed by atoms with Crippen LogP contribution in [0.25, 0.3) is 11.1 Å². The van der Waals surface area contributed by atoms with Gasteiger partial charge in [0.25, 0.3) is 0 Å². The Morgan fingerprint density at radius 3 is 2.50 bits per heavy atom. The van der Waals surface area contributed by atoms with Crippen molar-refractivity contribution in [3.8, 4) is 0 Å². The van der Waals surface area contributed by atoms with Gasteiger partial charge in [-0.05, 0) is 62.2 Å². The van der Waals surface area contributed by atoms with E-state index in [-0.39, 0.29) is 17.3 Å². The normalized spacial score (nSPS) is 13.3. The smallest absolute Gasteiger partial charge is 0.205 e. The van der Waals surface area contributed by atoms with Crippen LogP contribution in [0, 0.1) is 0 Å². The van der Waals surface area contributed by atoms with Gasteiger partial charge in [0.15, 0.2) is 5.78 Å². The summed E-state index contributed by atoms with van der Waals surface area (Å²) in [6.07, 6.45) is 2.93. The first kappa shape index (κ1) is 17.8. The van der Waals surface area contributed by atoms with E-state index in [0.717, 1.165) is 35.5 Å². The number of benzene rings is 1. The molecule has 1 aliphatic rings. The molecule has 1 heterocycles. The van der Waals surface area contributed by atoms with Crippen molar-refractivity contribution in [2.75, 3.05) is 18.0 Å². The number of allylic oxidation sites excluding steroid dienone is 3. The molecule has 1 aromatic heterocycles. The largest absolute Gasteiger partial charge is 0.372 e. The van der Waals surface area contributed by atoms with Crippen LogP contribution in [-0.2, 0) is 0 Å². The van der Waals surface area contributed by atoms with Crippen molar-refractivity contribution in [2.45, 2.75) is 20.8 Å². The number of carbonyl (C=O) groups is 2. The van der Waals surface area contributed by atoms with E-state index in [1.165, 1.54) is 12.3 Å². The third-order valence-corrected chi connectivity index (χ3v) is 4.69. The molecule has 0 saturated carbocycles. The van der Waals surface area contributed by atoms with Crippen LogP contribution in [0.1, 0.15) is 52.7 Å². The quantitative estimate of drug-likeness (QED) is 0.804. The number of rotatable bonds is 5. The van der Waals surface area contributed by atoms with Crippen LogP contribution in [0.15, 0.2) is 49.2 Å². The molecular weight excluding hydrogens is 324 g/mol. The number of fused-ring (bicyclic) bond motifs is 1. The molecule has 3 rings (SSSR count). The molecule has 132 valence electrons. The second-order valence-electron chi connectivity index (χ2n) is 6.33. The number of carbonyl (C=O) groups excluding carboxylic acids is 2. The van der Waals surface area contributed by atoms with E-state index in [9.17, 15) is 9.59 Å². The average molecular weight is 346 g/mol. The second kappa shape index (κ2) is 7.08. The Hall–Kier alpha value is -3.01. The van der Waals surface area contributed by atoms with Crippen molar-refractivity contribution in [1.82, 2.24) is 4.98 Å². The van der Waals surface area contributed by atoms with Gasteiger partial charge in [-0.15, -0.1) is 0 Å². The lowest BCUT2D eigenvalue weighted by molar-refractivity contribution is 0.0997. The highest BCUT2D eigenvalue weighted by Gasteiger charge is 2.28. The number of nitrogens with zero attached hydrogens (tertiary/aromatic N) is 2. The molecule has 0 radical (unpaired) electrons. The molecule has 0 aliphatic heterocycles. The van der Waals surface area contributed by atoms with Gasteiger partial charge in [-0.1, -0.05) is 18.2 Å². The predicted molar refractivity (Wildman–Crippen MR) is 106 cm³/mol. The highest BCUT2D eigenvalue weighted by Crippen LogP contribution is 2.33. The minimum atomic E-state index is -0.240. The maximum Gasteiger partial charge on any atom is 0.205 e. The molecule has 4 heteroatoms. The predicted octanol–water partition coefficient (Wildman–Crippen LogP) is 4.42. The Balaban J connectivity index is 2.14. The summed E-state index contributed by atoms with van der Waals surface area (Å²) in [6.45, 7) is 12.0. The summed E-state index contributed by atoms with van der Waals surface area (Å²) in [5, 5.41) is 0. The zero-order valence-electron chi connectivity index (χ0n) is 15.4. The Labute approximate surface area is 153 Å². The maximum absolute atomic E-state index is 13.0. The van der Waals surface area contributed by atoms with Gasteiger partial charge in [-0.2, -0.15) is 0 Å². The van der Waals surface area contributed by atoms with Gasteiger partial charge in [0, 0.05) is 30.5 Å². The third kappa shape index (κ3) is 2.99. The van der Waals surface area contributed by atoms with Crippen LogP contribution in [-0.4, -0.2) is 29.6 Å². The molecular formula is C22H22N2O2. The van der Waals surface area contributed by atoms with Crippen LogP contribution in [0.2, 0.25) is 0 Å². The van der Waals surface area contributed by atoms with E-state index in [4.69, 9.17) is 0 Å². The van der Waals surface area contributed by atoms with Crippen molar-refractivity contribution in [3.63, 3.8) is 0 Å². The average Bonchev–Trinajstić information content (AvgIpc) is 2.65. The highest BCUT2D eigenvalue weighted by molar-refractivity contribution is 6.38. The number of hydrogen-bond donors (Lipinski definition) is 0. The molecule has 0 atom stereocenters. The first-order valence-corrected chi connectivity index (χ1v) is 8.78. The third-order valence-electron chi connectivity index (χ3n) is 4.69. The van der Waals surface area contributed by atoms with E-state index in [1.807, 2.05) is 25.1 Å². The Morgan fingerprint density at radius 1 is 1.12 bits per heavy atom. The molecule has 0 fully saturated rings. The lowest BCUT2D eigenvalue weighted by atomic mass is 9.85. The number of ketones is 2. The molecule has 0 amide bonds. The second-order valence-corrected chi connectivity index (χ2v) is 6.33. The summed E-state index contributed by atoms with van der Waals surface area (Å²) in [4.78, 5) is 31.7. The molecule has 0 bridgehead atoms. The summed E-state index contributed by atoms with van der Waals surface area (Å²) in [6, 6.07) is 9.28. The summed E-state index contributed by atoms with van der Waals surface area (Å²) >= 11 is 0. The standard InChI is InChI=1S/C22H22N2O2/c1-5-24(6-2)15-9-10-16(18(12-15)14(3)4)19-13-20(25)21-17(22(19)26)8-7-11-23-21/h7-13H,3,5-6H2,1-2,4H3. The number of aromatic nitrogens is 1. The van der Waals surface area contributed by atoms with Gasteiger partial charge in [0.1, 0.15) is 5.69 Å². The SMILES string of the molecule is C=C(C)c1cc(N(CC)CC)ccc1C1=CC(=O)c2ncccc2C1=O. The number of anilines is 1. The molecule has 4 nitrogen and oxygen atoms in total. The zero-order valence-corrected chi connectivity index (χ0v) is 15.4. The Bertz CT molecular complexity index is 937. The maximum atomic E-state index is 13.0. The van der Waals surface area contributed by atoms with E-state index >= 15 is 0 Å². The molecule has 1 aromatic carbocycles. The molecule has 0 saturated heterocycles. The number of hydrogen-bond acceptors (Lipinski definition) is 4. The van der Waals surface area contributed by atoms with Crippen molar-refractivity contribution in [3.05, 3.63) is 71.6 Å². The molecule has 0 spiro atoms. The van der Waals surface area contributed by atoms with Crippen molar-refractivity contribution in [1.29, 1.82) is 0 Å². The van der Waals surface area contributed by atoms with Crippen LogP contribution in [0.4, 0.5) is 5.69 Å². The van der Waals surface area contributed by atoms with Crippen LogP contribution < -0.4 is 4.90 Å². The van der Waals surface area contributed by atoms with Crippen LogP contribution in [0.3, 0.4) is 0 Å². The molecule has 2 aromatic rings. The van der Waals surface area contributed by atoms with Gasteiger partial charge >= 0.3 is 0 Å². The first-order chi connectivity index (χ1) is 12.5. The fourth-order valence-electron chi connectivity index (χ4n) is 3.30. The van der Waals surface area contributed by atoms with Gasteiger partial charge < -0.3 is 4.90 Å². The number of pyridine rings is 1. The molecule has 0 N–H and O–H groups in total. The van der Waals surface area contributed by atoms with Gasteiger partial charge in [-0.3, -0.25) is 14.6 Å². The van der Waals surface area contributed by atoms with Gasteiger partial charge in [0.05, 0.1) is 5.56 Å². The Kier molecular flexibility index (Phi) is 4.85. The molecule has 1 aliphatic carbocycles. The van der Waals surface area contributed by atoms with Crippen molar-refractivity contribution >= 4 is 28.4 Å². The minimum Gasteiger partial charge on any atom is -0.372 e. The van der Waals surface area contributed by atoms with Crippen LogP contribution in [0.5, 0.6) is 0 Å². The summed E-state index contributed by atoms with van der Waals surface area (Å²) in [7, 11) is 0. The Morgan fingerprint density at radius 2 is 1.85 bits per heavy atom. The fourth-order valence-corrected chi connectivity index (χ4v) is 3.30. The summed E-state index contributed by atoms with van der Waals surface area (Å²) in [5.41, 5.74) is 4.53. The van der Waals surface area contributed by atoms with Gasteiger partial charge in [0.2, 0.25) is 5.78 Å². The minimum absolute atomic E-state index is 0.175. The first-order valence-electron chi connectivity index (χ1n) is 8.78. The van der Waals surface area contributed by atoms with E-state index in [2.05, 4.69) is 30.3 Å². The summed E-state index contributed by atoms with van der Waals surface area (Å²) in [5.74, 6) is -0.415. The topological polar surface area (TPSA) is 50.3 Å². The van der Waals surface area contributed by atoms with Crippen LogP contribution >= 0.6 is 0 Å². The highest BCUT2D eigenvalue weighted by atomic mass is 16.1. The van der Waals surface area contributed by atoms with Gasteiger partial charge in [-0.25, -0.2) is 0 Å². The number of Topliss-reactive ketones (excluding diaryl/α,β-unsaturated/α-hetero) is 1. The van der Waals surface area contributed by atoms with Crippen molar-refractivity contribution < 1.29 is 9.59 Å². The fraction of sp³-hybridized carbons (Fsp3) is 0.227. The zero-order chi connectivity index (χ0) is 18.8. The van der Waals surface area contributed by atoms with E-state index < -0.39 is 0 Å². The molecule has 26 heavy (non-hydrogen) atoms. The summed E-state index contributed by atoms with van der Waals surface area (Å²) < 4.78 is 0. The van der Waals surface area contributed by atoms with Crippen molar-refractivity contribution in [2.24, 2.45) is 0 Å². The monoisotopic (exact) mass is 346 g/mol.